The molecule has 2 saturated carbocycles. The first-order valence-corrected chi connectivity index (χ1v) is 11.1. The highest BCUT2D eigenvalue weighted by molar-refractivity contribution is 5.37. The summed E-state index contributed by atoms with van der Waals surface area (Å²) < 4.78 is 0. The topological polar surface area (TPSA) is 0 Å². The summed E-state index contributed by atoms with van der Waals surface area (Å²) in [5, 5.41) is 0. The van der Waals surface area contributed by atoms with E-state index in [2.05, 4.69) is 53.7 Å². The fourth-order valence-corrected chi connectivity index (χ4v) is 7.55. The van der Waals surface area contributed by atoms with Gasteiger partial charge in [-0.25, -0.2) is 0 Å². The molecule has 0 heteroatoms. The summed E-state index contributed by atoms with van der Waals surface area (Å²) in [6.07, 6.45) is 15.4. The highest BCUT2D eigenvalue weighted by atomic mass is 14.6. The van der Waals surface area contributed by atoms with Crippen LogP contribution in [0, 0.1) is 46.3 Å². The van der Waals surface area contributed by atoms with E-state index in [-0.39, 0.29) is 0 Å². The summed E-state index contributed by atoms with van der Waals surface area (Å²) >= 11 is 0. The zero-order chi connectivity index (χ0) is 18.0. The largest absolute Gasteiger partial charge is 0.0805 e. The molecule has 0 bridgehead atoms. The first-order chi connectivity index (χ1) is 11.8. The second-order valence-electron chi connectivity index (χ2n) is 11.2. The van der Waals surface area contributed by atoms with E-state index in [0.717, 1.165) is 35.5 Å². The van der Waals surface area contributed by atoms with Gasteiger partial charge in [-0.15, -0.1) is 0 Å². The highest BCUT2D eigenvalue weighted by Crippen LogP contribution is 2.65. The Morgan fingerprint density at radius 2 is 1.68 bits per heavy atom. The molecule has 0 unspecified atom stereocenters. The fraction of sp³-hybridized carbons (Fsp3) is 0.840. The Balaban J connectivity index is 1.77. The number of fused-ring (bicyclic) bond motifs is 4. The van der Waals surface area contributed by atoms with Gasteiger partial charge in [0.05, 0.1) is 0 Å². The summed E-state index contributed by atoms with van der Waals surface area (Å²) in [7, 11) is 0. The molecule has 2 fully saturated rings. The second kappa shape index (κ2) is 6.00. The van der Waals surface area contributed by atoms with Gasteiger partial charge in [0, 0.05) is 0 Å². The van der Waals surface area contributed by atoms with Crippen LogP contribution in [0.3, 0.4) is 0 Å². The first-order valence-electron chi connectivity index (χ1n) is 11.1. The molecule has 25 heavy (non-hydrogen) atoms. The van der Waals surface area contributed by atoms with E-state index >= 15 is 0 Å². The molecule has 0 saturated heterocycles. The Morgan fingerprint density at radius 3 is 2.40 bits per heavy atom. The Hall–Kier alpha value is -0.520. The van der Waals surface area contributed by atoms with Crippen LogP contribution in [0.15, 0.2) is 23.3 Å². The molecule has 4 rings (SSSR count). The van der Waals surface area contributed by atoms with Crippen molar-refractivity contribution in [1.82, 2.24) is 0 Å². The van der Waals surface area contributed by atoms with Crippen LogP contribution < -0.4 is 0 Å². The molecule has 7 atom stereocenters. The molecule has 4 aliphatic rings. The monoisotopic (exact) mass is 340 g/mol. The van der Waals surface area contributed by atoms with Crippen molar-refractivity contribution < 1.29 is 0 Å². The Morgan fingerprint density at radius 1 is 1.00 bits per heavy atom. The Kier molecular flexibility index (Phi) is 4.29. The summed E-state index contributed by atoms with van der Waals surface area (Å²) in [6.45, 7) is 15.2. The lowest BCUT2D eigenvalue weighted by atomic mass is 9.50. The maximum atomic E-state index is 2.79. The maximum absolute atomic E-state index is 2.79. The summed E-state index contributed by atoms with van der Waals surface area (Å²) in [5.74, 6) is 5.20. The molecule has 0 radical (unpaired) electrons. The molecule has 0 aliphatic heterocycles. The van der Waals surface area contributed by atoms with Crippen molar-refractivity contribution in [2.75, 3.05) is 0 Å². The van der Waals surface area contributed by atoms with Crippen molar-refractivity contribution in [3.05, 3.63) is 23.3 Å². The average molecular weight is 341 g/mol. The SMILES string of the molecule is C/C1=C/[C@@H]2[C@H]3[C@@H](C(C)C)CC[C@]3(C)CC[C@@]2(C)CC[C@H]2C1=CC[C@H]2C. The van der Waals surface area contributed by atoms with Crippen molar-refractivity contribution in [3.63, 3.8) is 0 Å². The fourth-order valence-electron chi connectivity index (χ4n) is 7.55. The van der Waals surface area contributed by atoms with Crippen LogP contribution in [0.5, 0.6) is 0 Å². The molecule has 140 valence electrons. The molecule has 0 spiro atoms. The van der Waals surface area contributed by atoms with Crippen LogP contribution >= 0.6 is 0 Å². The molecule has 0 aromatic heterocycles. The second-order valence-corrected chi connectivity index (χ2v) is 11.2. The summed E-state index contributed by atoms with van der Waals surface area (Å²) in [5.41, 5.74) is 4.51. The lowest BCUT2D eigenvalue weighted by Crippen LogP contribution is -2.47. The quantitative estimate of drug-likeness (QED) is 0.466. The lowest BCUT2D eigenvalue weighted by molar-refractivity contribution is -0.0291. The van der Waals surface area contributed by atoms with Crippen molar-refractivity contribution in [1.29, 1.82) is 0 Å². The molecule has 0 heterocycles. The third-order valence-corrected chi connectivity index (χ3v) is 9.34. The Bertz CT molecular complexity index is 593. The predicted octanol–water partition coefficient (Wildman–Crippen LogP) is 7.41. The van der Waals surface area contributed by atoms with Gasteiger partial charge in [-0.2, -0.15) is 0 Å². The lowest BCUT2D eigenvalue weighted by Gasteiger charge is -2.54. The third-order valence-electron chi connectivity index (χ3n) is 9.34. The van der Waals surface area contributed by atoms with Crippen molar-refractivity contribution in [2.45, 2.75) is 86.5 Å². The van der Waals surface area contributed by atoms with Gasteiger partial charge in [0.25, 0.3) is 0 Å². The molecule has 0 N–H and O–H groups in total. The Labute approximate surface area is 156 Å². The smallest absolute Gasteiger partial charge is 0.0134 e. The average Bonchev–Trinajstić information content (AvgIpc) is 3.08. The van der Waals surface area contributed by atoms with Crippen LogP contribution in [0.1, 0.15) is 86.5 Å². The minimum atomic E-state index is 0.538. The number of hydrogen-bond donors (Lipinski definition) is 0. The molecular weight excluding hydrogens is 300 g/mol. The van der Waals surface area contributed by atoms with Crippen molar-refractivity contribution in [2.24, 2.45) is 46.3 Å². The van der Waals surface area contributed by atoms with E-state index in [4.69, 9.17) is 0 Å². The molecular formula is C25H40. The van der Waals surface area contributed by atoms with Gasteiger partial charge in [-0.3, -0.25) is 0 Å². The standard InChI is InChI=1S/C25H40/c1-16(2)19-9-12-25(6)14-13-24(5)11-10-21-17(3)7-8-20(21)18(4)15-22(24)23(19)25/h8,15-17,19,21-23H,7,9-14H2,1-6H3/b18-15-/t17-,19-,21-,22-,23-,24-,25-/m1/s1. The van der Waals surface area contributed by atoms with Gasteiger partial charge >= 0.3 is 0 Å². The van der Waals surface area contributed by atoms with E-state index < -0.39 is 0 Å². The maximum Gasteiger partial charge on any atom is -0.0134 e. The minimum Gasteiger partial charge on any atom is -0.0805 e. The van der Waals surface area contributed by atoms with E-state index in [0.29, 0.717) is 10.8 Å². The first kappa shape index (κ1) is 17.9. The normalized spacial score (nSPS) is 51.7. The number of allylic oxidation sites excluding steroid dienone is 4. The van der Waals surface area contributed by atoms with E-state index in [9.17, 15) is 0 Å². The van der Waals surface area contributed by atoms with Gasteiger partial charge in [-0.05, 0) is 104 Å². The van der Waals surface area contributed by atoms with Gasteiger partial charge in [0.2, 0.25) is 0 Å². The van der Waals surface area contributed by atoms with Crippen molar-refractivity contribution >= 4 is 0 Å². The molecule has 0 aromatic carbocycles. The summed E-state index contributed by atoms with van der Waals surface area (Å²) in [6, 6.07) is 0. The highest BCUT2D eigenvalue weighted by Gasteiger charge is 2.57. The van der Waals surface area contributed by atoms with Crippen LogP contribution in [0.25, 0.3) is 0 Å². The van der Waals surface area contributed by atoms with Crippen LogP contribution in [-0.4, -0.2) is 0 Å². The molecule has 0 nitrogen and oxygen atoms in total. The van der Waals surface area contributed by atoms with Crippen molar-refractivity contribution in [3.8, 4) is 0 Å². The third kappa shape index (κ3) is 2.69. The van der Waals surface area contributed by atoms with Crippen LogP contribution in [0.4, 0.5) is 0 Å². The molecule has 0 aromatic rings. The van der Waals surface area contributed by atoms with E-state index in [1.165, 1.54) is 44.9 Å². The minimum absolute atomic E-state index is 0.538. The van der Waals surface area contributed by atoms with Crippen LogP contribution in [-0.2, 0) is 0 Å². The zero-order valence-corrected chi connectivity index (χ0v) is 17.6. The van der Waals surface area contributed by atoms with Gasteiger partial charge < -0.3 is 0 Å². The predicted molar refractivity (Wildman–Crippen MR) is 108 cm³/mol. The van der Waals surface area contributed by atoms with Crippen LogP contribution in [0.2, 0.25) is 0 Å². The van der Waals surface area contributed by atoms with Gasteiger partial charge in [0.1, 0.15) is 0 Å². The number of hydrogen-bond acceptors (Lipinski definition) is 0. The number of rotatable bonds is 1. The molecule has 0 amide bonds. The summed E-state index contributed by atoms with van der Waals surface area (Å²) in [4.78, 5) is 0. The zero-order valence-electron chi connectivity index (χ0n) is 17.6. The van der Waals surface area contributed by atoms with Gasteiger partial charge in [0.15, 0.2) is 0 Å². The van der Waals surface area contributed by atoms with E-state index in [1.807, 2.05) is 0 Å². The molecule has 4 aliphatic carbocycles. The van der Waals surface area contributed by atoms with Gasteiger partial charge in [-0.1, -0.05) is 52.3 Å². The van der Waals surface area contributed by atoms with E-state index in [1.54, 1.807) is 11.1 Å².